The predicted octanol–water partition coefficient (Wildman–Crippen LogP) is 20.8. The van der Waals surface area contributed by atoms with Crippen LogP contribution in [-0.4, -0.2) is 37.2 Å². The Bertz CT molecular complexity index is 1280. The van der Waals surface area contributed by atoms with E-state index in [-0.39, 0.29) is 31.1 Å². The van der Waals surface area contributed by atoms with Crippen LogP contribution in [0.5, 0.6) is 0 Å². The summed E-state index contributed by atoms with van der Waals surface area (Å²) in [6.07, 6.45) is 75.3. The summed E-state index contributed by atoms with van der Waals surface area (Å²) in [5.41, 5.74) is 0. The van der Waals surface area contributed by atoms with E-state index < -0.39 is 6.10 Å². The Morgan fingerprint density at radius 3 is 0.859 bits per heavy atom. The minimum absolute atomic E-state index is 0.0786. The second-order valence-electron chi connectivity index (χ2n) is 20.6. The summed E-state index contributed by atoms with van der Waals surface area (Å²) in [4.78, 5) is 38.1. The lowest BCUT2D eigenvalue weighted by molar-refractivity contribution is -0.167. The maximum Gasteiger partial charge on any atom is 0.306 e. The summed E-state index contributed by atoms with van der Waals surface area (Å²) >= 11 is 0. The van der Waals surface area contributed by atoms with Crippen molar-refractivity contribution in [3.05, 3.63) is 60.8 Å². The van der Waals surface area contributed by atoms with Crippen LogP contribution in [0.3, 0.4) is 0 Å². The van der Waals surface area contributed by atoms with Gasteiger partial charge in [-0.15, -0.1) is 0 Å². The molecule has 0 aliphatic rings. The third-order valence-corrected chi connectivity index (χ3v) is 13.5. The molecule has 412 valence electrons. The molecule has 6 nitrogen and oxygen atoms in total. The van der Waals surface area contributed by atoms with Crippen LogP contribution in [0.1, 0.15) is 316 Å². The fraction of sp³-hybridized carbons (Fsp3) is 0.800. The molecule has 0 amide bonds. The number of carbonyl (C=O) groups excluding carboxylic acids is 3. The van der Waals surface area contributed by atoms with Crippen LogP contribution in [0.4, 0.5) is 0 Å². The Hall–Kier alpha value is -2.89. The van der Waals surface area contributed by atoms with Crippen LogP contribution >= 0.6 is 0 Å². The third kappa shape index (κ3) is 57.9. The maximum absolute atomic E-state index is 12.8. The standard InChI is InChI=1S/C65H116O6/c1-4-7-10-13-16-19-21-23-25-27-29-31-32-33-35-36-38-40-42-44-46-49-52-55-58-64(67)70-61-62(60-69-63(66)57-54-51-48-18-15-12-9-6-3)71-65(68)59-56-53-50-47-45-43-41-39-37-34-30-28-26-24-22-20-17-14-11-8-5-2/h8,11,17,20,24,26,30,34,39,41,62H,4-7,9-10,12-16,18-19,21-23,25,27-29,31-33,35-38,40,42-61H2,1-3H3/b11-8-,20-17-,26-24-,34-30-,41-39-. The number of hydrogen-bond acceptors (Lipinski definition) is 6. The molecular formula is C65H116O6. The normalized spacial score (nSPS) is 12.4. The Balaban J connectivity index is 4.19. The van der Waals surface area contributed by atoms with Crippen molar-refractivity contribution in [1.29, 1.82) is 0 Å². The van der Waals surface area contributed by atoms with E-state index in [0.717, 1.165) is 109 Å². The number of unbranched alkanes of at least 4 members (excludes halogenated alkanes) is 35. The number of hydrogen-bond donors (Lipinski definition) is 0. The molecule has 0 aliphatic heterocycles. The summed E-state index contributed by atoms with van der Waals surface area (Å²) in [7, 11) is 0. The molecule has 0 bridgehead atoms. The molecular weight excluding hydrogens is 877 g/mol. The van der Waals surface area contributed by atoms with Crippen molar-refractivity contribution >= 4 is 17.9 Å². The molecule has 0 aliphatic carbocycles. The van der Waals surface area contributed by atoms with E-state index in [9.17, 15) is 14.4 Å². The first-order valence-corrected chi connectivity index (χ1v) is 30.8. The zero-order valence-corrected chi connectivity index (χ0v) is 47.2. The van der Waals surface area contributed by atoms with E-state index in [1.54, 1.807) is 0 Å². The van der Waals surface area contributed by atoms with Crippen LogP contribution in [0.25, 0.3) is 0 Å². The molecule has 0 aromatic heterocycles. The van der Waals surface area contributed by atoms with Gasteiger partial charge in [0.1, 0.15) is 13.2 Å². The van der Waals surface area contributed by atoms with Gasteiger partial charge in [-0.25, -0.2) is 0 Å². The first kappa shape index (κ1) is 68.1. The predicted molar refractivity (Wildman–Crippen MR) is 307 cm³/mol. The van der Waals surface area contributed by atoms with E-state index >= 15 is 0 Å². The SMILES string of the molecule is CC/C=C\C/C=C\C/C=C\C/C=C\C/C=C\CCCCCCCC(=O)OC(COC(=O)CCCCCCCCCC)COC(=O)CCCCCCCCCCCCCCCCCCCCCCCCCC. The lowest BCUT2D eigenvalue weighted by Gasteiger charge is -2.18. The van der Waals surface area contributed by atoms with Crippen LogP contribution in [0.15, 0.2) is 60.8 Å². The minimum atomic E-state index is -0.781. The molecule has 0 radical (unpaired) electrons. The molecule has 0 fully saturated rings. The van der Waals surface area contributed by atoms with Crippen molar-refractivity contribution in [3.63, 3.8) is 0 Å². The lowest BCUT2D eigenvalue weighted by atomic mass is 10.0. The van der Waals surface area contributed by atoms with Gasteiger partial charge in [0.15, 0.2) is 6.10 Å². The second kappa shape index (κ2) is 59.7. The highest BCUT2D eigenvalue weighted by atomic mass is 16.6. The molecule has 0 N–H and O–H groups in total. The smallest absolute Gasteiger partial charge is 0.306 e. The first-order valence-electron chi connectivity index (χ1n) is 30.8. The zero-order chi connectivity index (χ0) is 51.4. The van der Waals surface area contributed by atoms with Crippen molar-refractivity contribution in [2.75, 3.05) is 13.2 Å². The average Bonchev–Trinajstić information content (AvgIpc) is 3.37. The van der Waals surface area contributed by atoms with E-state index in [1.165, 1.54) is 167 Å². The van der Waals surface area contributed by atoms with E-state index in [2.05, 4.69) is 81.5 Å². The molecule has 1 unspecified atom stereocenters. The van der Waals surface area contributed by atoms with Gasteiger partial charge in [0.2, 0.25) is 0 Å². The molecule has 0 rings (SSSR count). The van der Waals surface area contributed by atoms with Gasteiger partial charge in [-0.1, -0.05) is 293 Å². The van der Waals surface area contributed by atoms with Crippen molar-refractivity contribution in [3.8, 4) is 0 Å². The summed E-state index contributed by atoms with van der Waals surface area (Å²) in [6, 6.07) is 0. The van der Waals surface area contributed by atoms with Crippen LogP contribution in [0, 0.1) is 0 Å². The van der Waals surface area contributed by atoms with E-state index in [4.69, 9.17) is 14.2 Å². The van der Waals surface area contributed by atoms with Gasteiger partial charge in [-0.3, -0.25) is 14.4 Å². The summed E-state index contributed by atoms with van der Waals surface area (Å²) in [5.74, 6) is -0.887. The van der Waals surface area contributed by atoms with Crippen LogP contribution < -0.4 is 0 Å². The van der Waals surface area contributed by atoms with Crippen molar-refractivity contribution < 1.29 is 28.6 Å². The van der Waals surface area contributed by atoms with Gasteiger partial charge >= 0.3 is 17.9 Å². The number of carbonyl (C=O) groups is 3. The molecule has 0 saturated carbocycles. The van der Waals surface area contributed by atoms with Gasteiger partial charge in [0, 0.05) is 19.3 Å². The van der Waals surface area contributed by atoms with Crippen molar-refractivity contribution in [1.82, 2.24) is 0 Å². The van der Waals surface area contributed by atoms with Gasteiger partial charge in [0.25, 0.3) is 0 Å². The lowest BCUT2D eigenvalue weighted by Crippen LogP contribution is -2.30. The van der Waals surface area contributed by atoms with Crippen LogP contribution in [0.2, 0.25) is 0 Å². The molecule has 6 heteroatoms. The van der Waals surface area contributed by atoms with Crippen molar-refractivity contribution in [2.45, 2.75) is 322 Å². The Labute approximate surface area is 440 Å². The van der Waals surface area contributed by atoms with Gasteiger partial charge < -0.3 is 14.2 Å². The van der Waals surface area contributed by atoms with E-state index in [0.29, 0.717) is 19.3 Å². The largest absolute Gasteiger partial charge is 0.462 e. The number of allylic oxidation sites excluding steroid dienone is 10. The maximum atomic E-state index is 12.8. The molecule has 0 heterocycles. The highest BCUT2D eigenvalue weighted by molar-refractivity contribution is 5.71. The van der Waals surface area contributed by atoms with Gasteiger partial charge in [-0.05, 0) is 64.2 Å². The number of esters is 3. The Morgan fingerprint density at radius 2 is 0.549 bits per heavy atom. The summed E-state index contributed by atoms with van der Waals surface area (Å²) in [6.45, 7) is 6.52. The zero-order valence-electron chi connectivity index (χ0n) is 47.2. The minimum Gasteiger partial charge on any atom is -0.462 e. The first-order chi connectivity index (χ1) is 35.0. The fourth-order valence-electron chi connectivity index (χ4n) is 8.94. The Morgan fingerprint density at radius 1 is 0.296 bits per heavy atom. The van der Waals surface area contributed by atoms with Gasteiger partial charge in [0.05, 0.1) is 0 Å². The molecule has 0 saturated heterocycles. The average molecular weight is 994 g/mol. The van der Waals surface area contributed by atoms with Crippen LogP contribution in [-0.2, 0) is 28.6 Å². The van der Waals surface area contributed by atoms with Crippen molar-refractivity contribution in [2.24, 2.45) is 0 Å². The highest BCUT2D eigenvalue weighted by Gasteiger charge is 2.19. The number of rotatable bonds is 56. The topological polar surface area (TPSA) is 78.9 Å². The Kier molecular flexibility index (Phi) is 57.2. The third-order valence-electron chi connectivity index (χ3n) is 13.5. The fourth-order valence-corrected chi connectivity index (χ4v) is 8.94. The summed E-state index contributed by atoms with van der Waals surface area (Å²) in [5, 5.41) is 0. The van der Waals surface area contributed by atoms with E-state index in [1.807, 2.05) is 0 Å². The second-order valence-corrected chi connectivity index (χ2v) is 20.6. The monoisotopic (exact) mass is 993 g/mol. The molecule has 0 spiro atoms. The quantitative estimate of drug-likeness (QED) is 0.0261. The summed E-state index contributed by atoms with van der Waals surface area (Å²) < 4.78 is 16.8. The molecule has 0 aromatic carbocycles. The molecule has 1 atom stereocenters. The highest BCUT2D eigenvalue weighted by Crippen LogP contribution is 2.17. The molecule has 0 aromatic rings. The van der Waals surface area contributed by atoms with Gasteiger partial charge in [-0.2, -0.15) is 0 Å². The molecule has 71 heavy (non-hydrogen) atoms. The number of ether oxygens (including phenoxy) is 3.